The van der Waals surface area contributed by atoms with Crippen LogP contribution in [-0.2, 0) is 5.60 Å². The lowest BCUT2D eigenvalue weighted by Gasteiger charge is -2.17. The molecule has 0 aromatic heterocycles. The van der Waals surface area contributed by atoms with Gasteiger partial charge in [-0.15, -0.1) is 0 Å². The number of methoxy groups -OCH3 is 1. The topological polar surface area (TPSA) is 29.5 Å². The minimum atomic E-state index is -0.814. The van der Waals surface area contributed by atoms with Crippen molar-refractivity contribution >= 4 is 0 Å². The van der Waals surface area contributed by atoms with Gasteiger partial charge in [-0.2, -0.15) is 0 Å². The molecule has 82 valence electrons. The molecule has 15 heavy (non-hydrogen) atoms. The minimum Gasteiger partial charge on any atom is -0.496 e. The minimum absolute atomic E-state index is 0.312. The molecule has 0 saturated heterocycles. The molecule has 2 nitrogen and oxygen atoms in total. The zero-order valence-electron chi connectivity index (χ0n) is 9.22. The van der Waals surface area contributed by atoms with Crippen molar-refractivity contribution in [1.29, 1.82) is 0 Å². The highest BCUT2D eigenvalue weighted by atomic mass is 19.1. The van der Waals surface area contributed by atoms with E-state index in [9.17, 15) is 9.50 Å². The Morgan fingerprint density at radius 3 is 2.40 bits per heavy atom. The van der Waals surface area contributed by atoms with E-state index < -0.39 is 5.60 Å². The second-order valence-corrected chi connectivity index (χ2v) is 4.22. The van der Waals surface area contributed by atoms with Gasteiger partial charge in [0.1, 0.15) is 11.6 Å². The van der Waals surface area contributed by atoms with Crippen molar-refractivity contribution in [2.45, 2.75) is 32.3 Å². The van der Waals surface area contributed by atoms with E-state index in [1.54, 1.807) is 6.92 Å². The van der Waals surface area contributed by atoms with Crippen LogP contribution in [0, 0.1) is 19.7 Å². The van der Waals surface area contributed by atoms with Gasteiger partial charge in [0.05, 0.1) is 12.7 Å². The Morgan fingerprint density at radius 1 is 1.33 bits per heavy atom. The Kier molecular flexibility index (Phi) is 2.23. The zero-order valence-corrected chi connectivity index (χ0v) is 9.22. The molecule has 0 radical (unpaired) electrons. The number of hydrogen-bond acceptors (Lipinski definition) is 2. The second-order valence-electron chi connectivity index (χ2n) is 4.22. The van der Waals surface area contributed by atoms with Gasteiger partial charge in [0.15, 0.2) is 0 Å². The molecule has 0 spiro atoms. The van der Waals surface area contributed by atoms with Crippen molar-refractivity contribution in [3.63, 3.8) is 0 Å². The number of ether oxygens (including phenoxy) is 1. The van der Waals surface area contributed by atoms with Gasteiger partial charge in [-0.3, -0.25) is 0 Å². The maximum atomic E-state index is 13.6. The fourth-order valence-corrected chi connectivity index (χ4v) is 2.03. The van der Waals surface area contributed by atoms with Crippen LogP contribution in [0.2, 0.25) is 0 Å². The average molecular weight is 210 g/mol. The van der Waals surface area contributed by atoms with Crippen molar-refractivity contribution in [3.8, 4) is 5.75 Å². The van der Waals surface area contributed by atoms with E-state index in [0.717, 1.165) is 5.56 Å². The number of aliphatic hydroxyl groups is 1. The summed E-state index contributed by atoms with van der Waals surface area (Å²) in [5.41, 5.74) is 1.20. The standard InChI is InChI=1S/C12H15FO2/c1-7-9(12(14)4-5-12)6-10(13)8(2)11(7)15-3/h6,14H,4-5H2,1-3H3. The van der Waals surface area contributed by atoms with E-state index in [1.165, 1.54) is 13.2 Å². The summed E-state index contributed by atoms with van der Waals surface area (Å²) in [4.78, 5) is 0. The number of benzene rings is 1. The summed E-state index contributed by atoms with van der Waals surface area (Å²) in [5, 5.41) is 9.99. The van der Waals surface area contributed by atoms with Crippen LogP contribution in [-0.4, -0.2) is 12.2 Å². The Balaban J connectivity index is 2.62. The van der Waals surface area contributed by atoms with E-state index in [1.807, 2.05) is 6.92 Å². The average Bonchev–Trinajstić information content (AvgIpc) is 2.92. The molecule has 2 rings (SSSR count). The maximum Gasteiger partial charge on any atom is 0.130 e. The van der Waals surface area contributed by atoms with Gasteiger partial charge in [0, 0.05) is 5.56 Å². The molecule has 1 aliphatic carbocycles. The number of hydrogen-bond donors (Lipinski definition) is 1. The lowest BCUT2D eigenvalue weighted by Crippen LogP contribution is -2.09. The van der Waals surface area contributed by atoms with Crippen LogP contribution in [0.3, 0.4) is 0 Å². The monoisotopic (exact) mass is 210 g/mol. The van der Waals surface area contributed by atoms with Crippen LogP contribution < -0.4 is 4.74 Å². The molecule has 0 heterocycles. The summed E-state index contributed by atoms with van der Waals surface area (Å²) in [5.74, 6) is 0.234. The van der Waals surface area contributed by atoms with Crippen LogP contribution in [0.4, 0.5) is 4.39 Å². The first kappa shape index (κ1) is 10.4. The highest BCUT2D eigenvalue weighted by Crippen LogP contribution is 2.48. The van der Waals surface area contributed by atoms with E-state index in [2.05, 4.69) is 0 Å². The molecule has 0 amide bonds. The van der Waals surface area contributed by atoms with Crippen molar-refractivity contribution in [3.05, 3.63) is 28.6 Å². The molecule has 0 atom stereocenters. The van der Waals surface area contributed by atoms with Crippen LogP contribution in [0.5, 0.6) is 5.75 Å². The van der Waals surface area contributed by atoms with Gasteiger partial charge >= 0.3 is 0 Å². The lowest BCUT2D eigenvalue weighted by atomic mass is 9.97. The van der Waals surface area contributed by atoms with Gasteiger partial charge in [-0.1, -0.05) is 0 Å². The molecular weight excluding hydrogens is 195 g/mol. The summed E-state index contributed by atoms with van der Waals surface area (Å²) in [6, 6.07) is 1.43. The molecule has 1 N–H and O–H groups in total. The first-order chi connectivity index (χ1) is 6.99. The fraction of sp³-hybridized carbons (Fsp3) is 0.500. The molecule has 3 heteroatoms. The Bertz CT molecular complexity index is 409. The zero-order chi connectivity index (χ0) is 11.2. The predicted molar refractivity (Wildman–Crippen MR) is 55.6 cm³/mol. The predicted octanol–water partition coefficient (Wildman–Crippen LogP) is 2.43. The Hall–Kier alpha value is -1.09. The van der Waals surface area contributed by atoms with Crippen molar-refractivity contribution in [1.82, 2.24) is 0 Å². The normalized spacial score (nSPS) is 17.7. The van der Waals surface area contributed by atoms with Crippen LogP contribution in [0.15, 0.2) is 6.07 Å². The number of halogens is 1. The molecule has 1 aromatic carbocycles. The van der Waals surface area contributed by atoms with Crippen molar-refractivity contribution < 1.29 is 14.2 Å². The fourth-order valence-electron chi connectivity index (χ4n) is 2.03. The smallest absolute Gasteiger partial charge is 0.130 e. The molecular formula is C12H15FO2. The van der Waals surface area contributed by atoms with E-state index in [0.29, 0.717) is 29.7 Å². The molecule has 1 saturated carbocycles. The van der Waals surface area contributed by atoms with Crippen LogP contribution in [0.1, 0.15) is 29.5 Å². The SMILES string of the molecule is COc1c(C)c(F)cc(C2(O)CC2)c1C. The van der Waals surface area contributed by atoms with Crippen molar-refractivity contribution in [2.24, 2.45) is 0 Å². The van der Waals surface area contributed by atoms with E-state index in [-0.39, 0.29) is 5.82 Å². The molecule has 0 aliphatic heterocycles. The van der Waals surface area contributed by atoms with Gasteiger partial charge in [-0.25, -0.2) is 4.39 Å². The molecule has 1 aromatic rings. The third kappa shape index (κ3) is 1.51. The summed E-state index contributed by atoms with van der Waals surface area (Å²) in [6.07, 6.45) is 1.42. The Labute approximate surface area is 88.7 Å². The third-order valence-corrected chi connectivity index (χ3v) is 3.14. The number of rotatable bonds is 2. The molecule has 1 aliphatic rings. The molecule has 1 fully saturated rings. The molecule has 0 unspecified atom stereocenters. The van der Waals surface area contributed by atoms with Crippen LogP contribution in [0.25, 0.3) is 0 Å². The van der Waals surface area contributed by atoms with Gasteiger partial charge in [-0.05, 0) is 43.9 Å². The Morgan fingerprint density at radius 2 is 1.93 bits per heavy atom. The van der Waals surface area contributed by atoms with Crippen LogP contribution >= 0.6 is 0 Å². The van der Waals surface area contributed by atoms with E-state index >= 15 is 0 Å². The second kappa shape index (κ2) is 3.20. The highest BCUT2D eigenvalue weighted by molar-refractivity contribution is 5.49. The molecule has 0 bridgehead atoms. The van der Waals surface area contributed by atoms with Gasteiger partial charge < -0.3 is 9.84 Å². The largest absolute Gasteiger partial charge is 0.496 e. The third-order valence-electron chi connectivity index (χ3n) is 3.14. The quantitative estimate of drug-likeness (QED) is 0.812. The summed E-state index contributed by atoms with van der Waals surface area (Å²) < 4.78 is 18.7. The first-order valence-corrected chi connectivity index (χ1v) is 5.06. The highest BCUT2D eigenvalue weighted by Gasteiger charge is 2.44. The maximum absolute atomic E-state index is 13.6. The lowest BCUT2D eigenvalue weighted by molar-refractivity contribution is 0.150. The van der Waals surface area contributed by atoms with Gasteiger partial charge in [0.2, 0.25) is 0 Å². The summed E-state index contributed by atoms with van der Waals surface area (Å²) in [7, 11) is 1.52. The summed E-state index contributed by atoms with van der Waals surface area (Å²) >= 11 is 0. The van der Waals surface area contributed by atoms with Crippen molar-refractivity contribution in [2.75, 3.05) is 7.11 Å². The first-order valence-electron chi connectivity index (χ1n) is 5.06. The van der Waals surface area contributed by atoms with Gasteiger partial charge in [0.25, 0.3) is 0 Å². The summed E-state index contributed by atoms with van der Waals surface area (Å²) in [6.45, 7) is 3.54. The van der Waals surface area contributed by atoms with E-state index in [4.69, 9.17) is 4.74 Å².